The molecule has 5 heteroatoms. The van der Waals surface area contributed by atoms with Crippen LogP contribution in [0, 0.1) is 5.82 Å². The molecule has 0 unspecified atom stereocenters. The third kappa shape index (κ3) is 1.98. The van der Waals surface area contributed by atoms with Crippen LogP contribution in [0.2, 0.25) is 0 Å². The second kappa shape index (κ2) is 4.59. The second-order valence-electron chi connectivity index (χ2n) is 5.71. The van der Waals surface area contributed by atoms with E-state index in [-0.39, 0.29) is 11.4 Å². The van der Waals surface area contributed by atoms with E-state index in [1.54, 1.807) is 6.20 Å². The molecule has 0 spiro atoms. The van der Waals surface area contributed by atoms with E-state index in [0.29, 0.717) is 36.6 Å². The fourth-order valence-electron chi connectivity index (χ4n) is 2.75. The van der Waals surface area contributed by atoms with Gasteiger partial charge in [-0.05, 0) is 32.0 Å². The van der Waals surface area contributed by atoms with Gasteiger partial charge in [0.25, 0.3) is 0 Å². The van der Waals surface area contributed by atoms with E-state index < -0.39 is 0 Å². The lowest BCUT2D eigenvalue weighted by molar-refractivity contribution is 0.0641. The Kier molecular flexibility index (Phi) is 3.01. The van der Waals surface area contributed by atoms with E-state index >= 15 is 0 Å². The first kappa shape index (κ1) is 13.1. The number of ether oxygens (including phenoxy) is 1. The Bertz CT molecular complexity index is 657. The fourth-order valence-corrected chi connectivity index (χ4v) is 2.75. The van der Waals surface area contributed by atoms with E-state index in [0.717, 1.165) is 5.39 Å². The summed E-state index contributed by atoms with van der Waals surface area (Å²) in [6.07, 6.45) is 1.66. The molecule has 20 heavy (non-hydrogen) atoms. The van der Waals surface area contributed by atoms with Crippen molar-refractivity contribution in [2.24, 2.45) is 0 Å². The molecule has 0 aliphatic carbocycles. The Morgan fingerprint density at radius 3 is 3.00 bits per heavy atom. The van der Waals surface area contributed by atoms with Gasteiger partial charge in [0.05, 0.1) is 24.3 Å². The monoisotopic (exact) mass is 275 g/mol. The number of benzene rings is 1. The first-order valence-corrected chi connectivity index (χ1v) is 6.69. The van der Waals surface area contributed by atoms with Crippen molar-refractivity contribution in [2.75, 3.05) is 30.4 Å². The molecule has 1 saturated heterocycles. The summed E-state index contributed by atoms with van der Waals surface area (Å²) in [6, 6.07) is 5.06. The molecule has 0 amide bonds. The average molecular weight is 275 g/mol. The number of nitrogens with two attached hydrogens (primary N) is 1. The molecule has 2 heterocycles. The van der Waals surface area contributed by atoms with Gasteiger partial charge in [0.15, 0.2) is 5.82 Å². The van der Waals surface area contributed by atoms with Gasteiger partial charge in [-0.2, -0.15) is 0 Å². The predicted octanol–water partition coefficient (Wildman–Crippen LogP) is 2.57. The zero-order valence-corrected chi connectivity index (χ0v) is 11.7. The standard InChI is InChI=1S/C15H18FN3O/c1-15(2)9-20-7-6-19(15)14-11(16)8-12(17)10-4-3-5-18-13(10)14/h3-5,8H,6-7,9,17H2,1-2H3. The molecule has 1 fully saturated rings. The van der Waals surface area contributed by atoms with Gasteiger partial charge in [-0.25, -0.2) is 4.39 Å². The number of halogens is 1. The van der Waals surface area contributed by atoms with Gasteiger partial charge in [-0.3, -0.25) is 4.98 Å². The average Bonchev–Trinajstić information content (AvgIpc) is 2.40. The minimum Gasteiger partial charge on any atom is -0.398 e. The number of rotatable bonds is 1. The van der Waals surface area contributed by atoms with Crippen molar-refractivity contribution in [1.82, 2.24) is 4.98 Å². The largest absolute Gasteiger partial charge is 0.398 e. The molecule has 0 bridgehead atoms. The van der Waals surface area contributed by atoms with E-state index in [1.807, 2.05) is 30.9 Å². The number of hydrogen-bond acceptors (Lipinski definition) is 4. The highest BCUT2D eigenvalue weighted by Crippen LogP contribution is 2.36. The van der Waals surface area contributed by atoms with Crippen molar-refractivity contribution in [3.8, 4) is 0 Å². The van der Waals surface area contributed by atoms with Crippen LogP contribution in [0.15, 0.2) is 24.4 Å². The summed E-state index contributed by atoms with van der Waals surface area (Å²) in [5.74, 6) is -0.330. The number of pyridine rings is 1. The van der Waals surface area contributed by atoms with E-state index in [4.69, 9.17) is 10.5 Å². The van der Waals surface area contributed by atoms with Crippen LogP contribution in [0.1, 0.15) is 13.8 Å². The van der Waals surface area contributed by atoms with Crippen molar-refractivity contribution < 1.29 is 9.13 Å². The summed E-state index contributed by atoms with van der Waals surface area (Å²) in [4.78, 5) is 6.37. The summed E-state index contributed by atoms with van der Waals surface area (Å²) < 4.78 is 20.0. The number of nitrogen functional groups attached to an aromatic ring is 1. The highest BCUT2D eigenvalue weighted by atomic mass is 19.1. The molecule has 0 saturated carbocycles. The summed E-state index contributed by atoms with van der Waals surface area (Å²) in [6.45, 7) is 5.86. The van der Waals surface area contributed by atoms with Gasteiger partial charge in [0.1, 0.15) is 5.69 Å². The Morgan fingerprint density at radius 1 is 1.45 bits per heavy atom. The summed E-state index contributed by atoms with van der Waals surface area (Å²) in [5, 5.41) is 0.784. The van der Waals surface area contributed by atoms with Crippen LogP contribution in [0.25, 0.3) is 10.9 Å². The van der Waals surface area contributed by atoms with Gasteiger partial charge in [0.2, 0.25) is 0 Å². The lowest BCUT2D eigenvalue weighted by Gasteiger charge is -2.44. The molecule has 1 aliphatic heterocycles. The molecule has 106 valence electrons. The molecule has 2 N–H and O–H groups in total. The van der Waals surface area contributed by atoms with Crippen molar-refractivity contribution in [1.29, 1.82) is 0 Å². The minimum absolute atomic E-state index is 0.278. The zero-order chi connectivity index (χ0) is 14.3. The van der Waals surface area contributed by atoms with Crippen molar-refractivity contribution in [2.45, 2.75) is 19.4 Å². The Labute approximate surface area is 117 Å². The number of anilines is 2. The fraction of sp³-hybridized carbons (Fsp3) is 0.400. The Morgan fingerprint density at radius 2 is 2.25 bits per heavy atom. The maximum absolute atomic E-state index is 14.5. The molecule has 1 aromatic heterocycles. The Hall–Kier alpha value is -1.88. The molecule has 2 aromatic rings. The number of hydrogen-bond donors (Lipinski definition) is 1. The van der Waals surface area contributed by atoms with Gasteiger partial charge in [-0.1, -0.05) is 0 Å². The molecule has 0 radical (unpaired) electrons. The van der Waals surface area contributed by atoms with Crippen LogP contribution >= 0.6 is 0 Å². The topological polar surface area (TPSA) is 51.4 Å². The molecule has 1 aromatic carbocycles. The third-order valence-electron chi connectivity index (χ3n) is 3.77. The van der Waals surface area contributed by atoms with Crippen LogP contribution in [0.4, 0.5) is 15.8 Å². The maximum atomic E-state index is 14.5. The zero-order valence-electron chi connectivity index (χ0n) is 11.7. The number of nitrogens with zero attached hydrogens (tertiary/aromatic N) is 2. The predicted molar refractivity (Wildman–Crippen MR) is 78.4 cm³/mol. The minimum atomic E-state index is -0.330. The lowest BCUT2D eigenvalue weighted by atomic mass is 10.00. The van der Waals surface area contributed by atoms with Gasteiger partial charge in [0, 0.05) is 23.8 Å². The van der Waals surface area contributed by atoms with Gasteiger partial charge >= 0.3 is 0 Å². The van der Waals surface area contributed by atoms with Crippen molar-refractivity contribution >= 4 is 22.3 Å². The second-order valence-corrected chi connectivity index (χ2v) is 5.71. The number of aromatic nitrogens is 1. The molecule has 1 aliphatic rings. The normalized spacial score (nSPS) is 18.4. The van der Waals surface area contributed by atoms with E-state index in [9.17, 15) is 4.39 Å². The molecular weight excluding hydrogens is 257 g/mol. The first-order chi connectivity index (χ1) is 9.50. The van der Waals surface area contributed by atoms with E-state index in [2.05, 4.69) is 4.98 Å². The molecular formula is C15H18FN3O. The molecule has 0 atom stereocenters. The summed E-state index contributed by atoms with van der Waals surface area (Å²) >= 11 is 0. The highest BCUT2D eigenvalue weighted by Gasteiger charge is 2.33. The lowest BCUT2D eigenvalue weighted by Crippen LogP contribution is -2.53. The van der Waals surface area contributed by atoms with E-state index in [1.165, 1.54) is 6.07 Å². The van der Waals surface area contributed by atoms with Crippen LogP contribution in [0.5, 0.6) is 0 Å². The van der Waals surface area contributed by atoms with Crippen LogP contribution in [-0.4, -0.2) is 30.3 Å². The van der Waals surface area contributed by atoms with Gasteiger partial charge in [-0.15, -0.1) is 0 Å². The van der Waals surface area contributed by atoms with Crippen molar-refractivity contribution in [3.05, 3.63) is 30.2 Å². The SMILES string of the molecule is CC1(C)COCCN1c1c(F)cc(N)c2cccnc12. The molecule has 4 nitrogen and oxygen atoms in total. The first-order valence-electron chi connectivity index (χ1n) is 6.69. The quantitative estimate of drug-likeness (QED) is 0.813. The van der Waals surface area contributed by atoms with Crippen LogP contribution in [0.3, 0.4) is 0 Å². The smallest absolute Gasteiger partial charge is 0.150 e. The van der Waals surface area contributed by atoms with Gasteiger partial charge < -0.3 is 15.4 Å². The number of morpholine rings is 1. The third-order valence-corrected chi connectivity index (χ3v) is 3.77. The Balaban J connectivity index is 2.25. The summed E-state index contributed by atoms with van der Waals surface area (Å²) in [5.41, 5.74) is 7.17. The van der Waals surface area contributed by atoms with Crippen molar-refractivity contribution in [3.63, 3.8) is 0 Å². The summed E-state index contributed by atoms with van der Waals surface area (Å²) in [7, 11) is 0. The van der Waals surface area contributed by atoms with Crippen LogP contribution in [-0.2, 0) is 4.74 Å². The number of fused-ring (bicyclic) bond motifs is 1. The highest BCUT2D eigenvalue weighted by molar-refractivity contribution is 5.99. The van der Waals surface area contributed by atoms with Crippen LogP contribution < -0.4 is 10.6 Å². The molecule has 3 rings (SSSR count). The maximum Gasteiger partial charge on any atom is 0.150 e.